The lowest BCUT2D eigenvalue weighted by Crippen LogP contribution is -2.16. The van der Waals surface area contributed by atoms with Gasteiger partial charge in [0, 0.05) is 0 Å². The highest BCUT2D eigenvalue weighted by molar-refractivity contribution is 5.20. The second-order valence-corrected chi connectivity index (χ2v) is 8.50. The van der Waals surface area contributed by atoms with Crippen LogP contribution in [0.1, 0.15) is 95.5 Å². The highest BCUT2D eigenvalue weighted by Gasteiger charge is 2.23. The summed E-state index contributed by atoms with van der Waals surface area (Å²) in [6.07, 6.45) is 17.1. The predicted molar refractivity (Wildman–Crippen MR) is 101 cm³/mol. The minimum atomic E-state index is -0.111. The van der Waals surface area contributed by atoms with Gasteiger partial charge in [-0.2, -0.15) is 0 Å². The number of rotatable bonds is 6. The predicted octanol–water partition coefficient (Wildman–Crippen LogP) is 7.49. The summed E-state index contributed by atoms with van der Waals surface area (Å²) >= 11 is 0. The molecule has 0 saturated heterocycles. The van der Waals surface area contributed by atoms with Gasteiger partial charge in [-0.15, -0.1) is 0 Å². The molecule has 0 heterocycles. The van der Waals surface area contributed by atoms with Crippen molar-refractivity contribution >= 4 is 0 Å². The van der Waals surface area contributed by atoms with Gasteiger partial charge in [0.2, 0.25) is 0 Å². The Morgan fingerprint density at radius 1 is 0.750 bits per heavy atom. The Hall–Kier alpha value is -0.850. The van der Waals surface area contributed by atoms with Crippen LogP contribution in [0.15, 0.2) is 24.3 Å². The molecular weight excluding hydrogens is 295 g/mol. The summed E-state index contributed by atoms with van der Waals surface area (Å²) in [7, 11) is 0. The fraction of sp³-hybridized carbons (Fsp3) is 0.739. The topological polar surface area (TPSA) is 0 Å². The molecule has 2 aliphatic rings. The highest BCUT2D eigenvalue weighted by Crippen LogP contribution is 2.39. The van der Waals surface area contributed by atoms with Crippen LogP contribution in [-0.2, 0) is 0 Å². The van der Waals surface area contributed by atoms with E-state index in [0.717, 1.165) is 17.8 Å². The molecule has 0 unspecified atom stereocenters. The van der Waals surface area contributed by atoms with Crippen LogP contribution < -0.4 is 0 Å². The van der Waals surface area contributed by atoms with Crippen LogP contribution in [0.4, 0.5) is 4.39 Å². The lowest BCUT2D eigenvalue weighted by Gasteiger charge is -2.30. The molecule has 0 bridgehead atoms. The van der Waals surface area contributed by atoms with E-state index in [9.17, 15) is 4.39 Å². The highest BCUT2D eigenvalue weighted by atomic mass is 19.1. The van der Waals surface area contributed by atoms with E-state index in [0.29, 0.717) is 5.92 Å². The maximum atomic E-state index is 13.1. The lowest BCUT2D eigenvalue weighted by atomic mass is 9.75. The third-order valence-electron chi connectivity index (χ3n) is 6.96. The molecule has 0 spiro atoms. The summed E-state index contributed by atoms with van der Waals surface area (Å²) in [6, 6.07) is 7.23. The van der Waals surface area contributed by atoms with Crippen molar-refractivity contribution in [2.45, 2.75) is 89.9 Å². The van der Waals surface area contributed by atoms with Crippen molar-refractivity contribution < 1.29 is 4.39 Å². The molecule has 2 fully saturated rings. The molecule has 0 aromatic heterocycles. The second-order valence-electron chi connectivity index (χ2n) is 8.50. The maximum Gasteiger partial charge on any atom is 0.123 e. The van der Waals surface area contributed by atoms with Gasteiger partial charge in [-0.3, -0.25) is 0 Å². The van der Waals surface area contributed by atoms with E-state index < -0.39 is 0 Å². The summed E-state index contributed by atoms with van der Waals surface area (Å²) in [4.78, 5) is 0. The van der Waals surface area contributed by atoms with Gasteiger partial charge in [-0.05, 0) is 67.1 Å². The standard InChI is InChI=1S/C23H35F/c1-2-18-6-8-19(9-7-18)4-3-5-20-10-12-21(13-11-20)22-14-16-23(24)17-15-22/h14-21H,2-13H2,1H3. The third kappa shape index (κ3) is 5.07. The normalized spacial score (nSPS) is 31.1. The molecule has 0 radical (unpaired) electrons. The van der Waals surface area contributed by atoms with Crippen molar-refractivity contribution in [1.82, 2.24) is 0 Å². The van der Waals surface area contributed by atoms with Crippen molar-refractivity contribution in [2.75, 3.05) is 0 Å². The zero-order valence-electron chi connectivity index (χ0n) is 15.5. The smallest absolute Gasteiger partial charge is 0.123 e. The molecule has 1 aromatic rings. The van der Waals surface area contributed by atoms with Gasteiger partial charge in [0.05, 0.1) is 0 Å². The first-order valence-electron chi connectivity index (χ1n) is 10.5. The van der Waals surface area contributed by atoms with Gasteiger partial charge in [-0.1, -0.05) is 70.4 Å². The van der Waals surface area contributed by atoms with Gasteiger partial charge in [0.1, 0.15) is 5.82 Å². The summed E-state index contributed by atoms with van der Waals surface area (Å²) in [5, 5.41) is 0. The molecular formula is C23H35F. The van der Waals surface area contributed by atoms with E-state index in [1.807, 2.05) is 12.1 Å². The Labute approximate surface area is 148 Å². The van der Waals surface area contributed by atoms with E-state index in [2.05, 4.69) is 6.92 Å². The largest absolute Gasteiger partial charge is 0.207 e. The van der Waals surface area contributed by atoms with E-state index >= 15 is 0 Å². The molecule has 3 rings (SSSR count). The number of hydrogen-bond donors (Lipinski definition) is 0. The molecule has 0 amide bonds. The summed E-state index contributed by atoms with van der Waals surface area (Å²) in [5.74, 6) is 3.58. The Balaban J connectivity index is 1.32. The first kappa shape index (κ1) is 18.0. The number of hydrogen-bond acceptors (Lipinski definition) is 0. The molecule has 24 heavy (non-hydrogen) atoms. The van der Waals surface area contributed by atoms with Gasteiger partial charge >= 0.3 is 0 Å². The first-order chi connectivity index (χ1) is 11.7. The van der Waals surface area contributed by atoms with Crippen LogP contribution in [-0.4, -0.2) is 0 Å². The molecule has 1 aromatic carbocycles. The van der Waals surface area contributed by atoms with Crippen molar-refractivity contribution in [3.63, 3.8) is 0 Å². The Kier molecular flexibility index (Phi) is 6.75. The number of benzene rings is 1. The van der Waals surface area contributed by atoms with Crippen LogP contribution in [0.2, 0.25) is 0 Å². The van der Waals surface area contributed by atoms with Crippen LogP contribution >= 0.6 is 0 Å². The Bertz CT molecular complexity index is 461. The summed E-state index contributed by atoms with van der Waals surface area (Å²) < 4.78 is 13.1. The molecule has 2 saturated carbocycles. The van der Waals surface area contributed by atoms with E-state index in [4.69, 9.17) is 0 Å². The Morgan fingerprint density at radius 2 is 1.25 bits per heavy atom. The molecule has 0 N–H and O–H groups in total. The maximum absolute atomic E-state index is 13.1. The fourth-order valence-electron chi connectivity index (χ4n) is 5.14. The first-order valence-corrected chi connectivity index (χ1v) is 10.5. The van der Waals surface area contributed by atoms with Crippen LogP contribution in [0, 0.1) is 23.6 Å². The molecule has 1 heteroatoms. The van der Waals surface area contributed by atoms with Crippen molar-refractivity contribution in [3.8, 4) is 0 Å². The van der Waals surface area contributed by atoms with Gasteiger partial charge < -0.3 is 0 Å². The van der Waals surface area contributed by atoms with Gasteiger partial charge in [0.15, 0.2) is 0 Å². The molecule has 2 aliphatic carbocycles. The zero-order valence-corrected chi connectivity index (χ0v) is 15.5. The van der Waals surface area contributed by atoms with E-state index in [1.165, 1.54) is 82.6 Å². The van der Waals surface area contributed by atoms with Gasteiger partial charge in [0.25, 0.3) is 0 Å². The van der Waals surface area contributed by atoms with Crippen molar-refractivity contribution in [2.24, 2.45) is 17.8 Å². The number of halogens is 1. The second kappa shape index (κ2) is 9.02. The van der Waals surface area contributed by atoms with Crippen LogP contribution in [0.25, 0.3) is 0 Å². The fourth-order valence-corrected chi connectivity index (χ4v) is 5.14. The van der Waals surface area contributed by atoms with Crippen LogP contribution in [0.3, 0.4) is 0 Å². The van der Waals surface area contributed by atoms with Crippen molar-refractivity contribution in [1.29, 1.82) is 0 Å². The molecule has 0 nitrogen and oxygen atoms in total. The van der Waals surface area contributed by atoms with Crippen molar-refractivity contribution in [3.05, 3.63) is 35.6 Å². The summed E-state index contributed by atoms with van der Waals surface area (Å²) in [5.41, 5.74) is 1.35. The molecule has 134 valence electrons. The quantitative estimate of drug-likeness (QED) is 0.507. The third-order valence-corrected chi connectivity index (χ3v) is 6.96. The molecule has 0 aliphatic heterocycles. The van der Waals surface area contributed by atoms with Gasteiger partial charge in [-0.25, -0.2) is 4.39 Å². The van der Waals surface area contributed by atoms with E-state index in [1.54, 1.807) is 12.1 Å². The van der Waals surface area contributed by atoms with Crippen LogP contribution in [0.5, 0.6) is 0 Å². The Morgan fingerprint density at radius 3 is 1.79 bits per heavy atom. The average Bonchev–Trinajstić information content (AvgIpc) is 2.64. The lowest BCUT2D eigenvalue weighted by molar-refractivity contribution is 0.241. The minimum absolute atomic E-state index is 0.111. The van der Waals surface area contributed by atoms with E-state index in [-0.39, 0.29) is 5.82 Å². The minimum Gasteiger partial charge on any atom is -0.207 e. The monoisotopic (exact) mass is 330 g/mol. The SMILES string of the molecule is CCC1CCC(CCCC2CCC(c3ccc(F)cc3)CC2)CC1. The zero-order chi connectivity index (χ0) is 16.8. The summed E-state index contributed by atoms with van der Waals surface area (Å²) in [6.45, 7) is 2.35. The molecule has 0 atom stereocenters. The average molecular weight is 331 g/mol.